The number of nitrogens with zero attached hydrogens (tertiary/aromatic N) is 2. The highest BCUT2D eigenvalue weighted by Gasteiger charge is 2.06. The third-order valence-corrected chi connectivity index (χ3v) is 2.60. The van der Waals surface area contributed by atoms with Gasteiger partial charge in [0.25, 0.3) is 0 Å². The molecule has 0 radical (unpaired) electrons. The fourth-order valence-corrected chi connectivity index (χ4v) is 1.66. The van der Waals surface area contributed by atoms with Crippen LogP contribution in [0.5, 0.6) is 0 Å². The Hall–Kier alpha value is -1.000. The summed E-state index contributed by atoms with van der Waals surface area (Å²) in [6, 6.07) is 7.67. The summed E-state index contributed by atoms with van der Waals surface area (Å²) < 4.78 is 2.56. The molecule has 0 bridgehead atoms. The minimum Gasteiger partial charge on any atom is -0.382 e. The second kappa shape index (κ2) is 3.63. The van der Waals surface area contributed by atoms with Crippen LogP contribution in [0.15, 0.2) is 34.9 Å². The van der Waals surface area contributed by atoms with E-state index >= 15 is 0 Å². The summed E-state index contributed by atoms with van der Waals surface area (Å²) >= 11 is 9.17. The number of anilines is 1. The third-order valence-electron chi connectivity index (χ3n) is 1.81. The Morgan fingerprint density at radius 1 is 1.43 bits per heavy atom. The molecule has 0 saturated heterocycles. The molecule has 0 saturated carbocycles. The molecule has 1 heterocycles. The topological polar surface area (TPSA) is 43.8 Å². The molecule has 1 aromatic carbocycles. The summed E-state index contributed by atoms with van der Waals surface area (Å²) in [5, 5.41) is 4.53. The van der Waals surface area contributed by atoms with Gasteiger partial charge in [-0.05, 0) is 18.2 Å². The highest BCUT2D eigenvalue weighted by Crippen LogP contribution is 2.22. The fourth-order valence-electron chi connectivity index (χ4n) is 1.15. The van der Waals surface area contributed by atoms with E-state index in [1.807, 2.05) is 24.3 Å². The van der Waals surface area contributed by atoms with Gasteiger partial charge >= 0.3 is 0 Å². The van der Waals surface area contributed by atoms with E-state index in [0.717, 1.165) is 10.2 Å². The molecule has 0 aliphatic rings. The summed E-state index contributed by atoms with van der Waals surface area (Å²) in [6.45, 7) is 0. The quantitative estimate of drug-likeness (QED) is 0.867. The molecule has 2 N–H and O–H groups in total. The second-order valence-electron chi connectivity index (χ2n) is 2.77. The van der Waals surface area contributed by atoms with Crippen molar-refractivity contribution in [3.63, 3.8) is 0 Å². The molecule has 72 valence electrons. The lowest BCUT2D eigenvalue weighted by Crippen LogP contribution is -2.01. The maximum atomic E-state index is 5.80. The Kier molecular flexibility index (Phi) is 2.48. The Morgan fingerprint density at radius 3 is 2.79 bits per heavy atom. The zero-order valence-electron chi connectivity index (χ0n) is 7.11. The van der Waals surface area contributed by atoms with Gasteiger partial charge in [-0.15, -0.1) is 0 Å². The van der Waals surface area contributed by atoms with E-state index in [1.54, 1.807) is 4.68 Å². The number of benzene rings is 1. The molecule has 1 aromatic heterocycles. The molecule has 0 aliphatic heterocycles. The number of nitrogen functional groups attached to an aromatic ring is 1. The van der Waals surface area contributed by atoms with Gasteiger partial charge in [-0.25, -0.2) is 4.68 Å². The number of aromatic nitrogens is 2. The van der Waals surface area contributed by atoms with Crippen LogP contribution in [-0.2, 0) is 0 Å². The SMILES string of the molecule is Nc1c(Cl)cnn1-c1cccc(Br)c1. The molecule has 0 spiro atoms. The van der Waals surface area contributed by atoms with Gasteiger partial charge in [0.15, 0.2) is 0 Å². The first-order valence-electron chi connectivity index (χ1n) is 3.93. The van der Waals surface area contributed by atoms with Crippen molar-refractivity contribution in [3.05, 3.63) is 40.0 Å². The Morgan fingerprint density at radius 2 is 2.21 bits per heavy atom. The molecule has 14 heavy (non-hydrogen) atoms. The van der Waals surface area contributed by atoms with Crippen LogP contribution in [0.2, 0.25) is 5.02 Å². The van der Waals surface area contributed by atoms with Crippen molar-refractivity contribution in [3.8, 4) is 5.69 Å². The predicted molar refractivity (Wildman–Crippen MR) is 60.7 cm³/mol. The first-order chi connectivity index (χ1) is 6.68. The monoisotopic (exact) mass is 271 g/mol. The molecule has 0 unspecified atom stereocenters. The average molecular weight is 273 g/mol. The zero-order chi connectivity index (χ0) is 10.1. The van der Waals surface area contributed by atoms with Crippen molar-refractivity contribution in [2.24, 2.45) is 0 Å². The predicted octanol–water partition coefficient (Wildman–Crippen LogP) is 2.87. The molecule has 0 aliphatic carbocycles. The van der Waals surface area contributed by atoms with Crippen LogP contribution in [0, 0.1) is 0 Å². The molecule has 5 heteroatoms. The van der Waals surface area contributed by atoms with Gasteiger partial charge in [0.05, 0.1) is 11.9 Å². The van der Waals surface area contributed by atoms with Gasteiger partial charge in [0.2, 0.25) is 0 Å². The van der Waals surface area contributed by atoms with E-state index in [0.29, 0.717) is 10.8 Å². The lowest BCUT2D eigenvalue weighted by molar-refractivity contribution is 0.890. The molecule has 2 aromatic rings. The van der Waals surface area contributed by atoms with Gasteiger partial charge in [0.1, 0.15) is 10.8 Å². The molecule has 3 nitrogen and oxygen atoms in total. The van der Waals surface area contributed by atoms with Crippen molar-refractivity contribution in [1.82, 2.24) is 9.78 Å². The average Bonchev–Trinajstić information content (AvgIpc) is 2.48. The van der Waals surface area contributed by atoms with E-state index < -0.39 is 0 Å². The van der Waals surface area contributed by atoms with Gasteiger partial charge in [-0.3, -0.25) is 0 Å². The lowest BCUT2D eigenvalue weighted by atomic mass is 10.3. The molecule has 0 fully saturated rings. The van der Waals surface area contributed by atoms with Crippen LogP contribution in [0.3, 0.4) is 0 Å². The minimum atomic E-state index is 0.449. The highest BCUT2D eigenvalue weighted by molar-refractivity contribution is 9.10. The number of rotatable bonds is 1. The number of nitrogens with two attached hydrogens (primary N) is 1. The first kappa shape index (κ1) is 9.55. The molecule has 0 atom stereocenters. The van der Waals surface area contributed by atoms with Gasteiger partial charge in [-0.1, -0.05) is 33.6 Å². The largest absolute Gasteiger partial charge is 0.382 e. The van der Waals surface area contributed by atoms with E-state index in [-0.39, 0.29) is 0 Å². The van der Waals surface area contributed by atoms with Crippen LogP contribution in [0.25, 0.3) is 5.69 Å². The smallest absolute Gasteiger partial charge is 0.146 e. The van der Waals surface area contributed by atoms with E-state index in [4.69, 9.17) is 17.3 Å². The molecule has 0 amide bonds. The number of hydrogen-bond acceptors (Lipinski definition) is 2. The summed E-state index contributed by atoms with van der Waals surface area (Å²) in [5.74, 6) is 0.449. The fraction of sp³-hybridized carbons (Fsp3) is 0. The number of hydrogen-bond donors (Lipinski definition) is 1. The summed E-state index contributed by atoms with van der Waals surface area (Å²) in [7, 11) is 0. The number of halogens is 2. The van der Waals surface area contributed by atoms with Crippen LogP contribution < -0.4 is 5.73 Å². The van der Waals surface area contributed by atoms with Crippen molar-refractivity contribution >= 4 is 33.3 Å². The van der Waals surface area contributed by atoms with Crippen LogP contribution in [0.4, 0.5) is 5.82 Å². The second-order valence-corrected chi connectivity index (χ2v) is 4.09. The highest BCUT2D eigenvalue weighted by atomic mass is 79.9. The first-order valence-corrected chi connectivity index (χ1v) is 5.10. The Bertz CT molecular complexity index is 467. The summed E-state index contributed by atoms with van der Waals surface area (Å²) in [6.07, 6.45) is 1.53. The maximum absolute atomic E-state index is 5.80. The van der Waals surface area contributed by atoms with Crippen molar-refractivity contribution in [2.75, 3.05) is 5.73 Å². The van der Waals surface area contributed by atoms with Gasteiger partial charge in [-0.2, -0.15) is 5.10 Å². The molecule has 2 rings (SSSR count). The van der Waals surface area contributed by atoms with Crippen molar-refractivity contribution in [1.29, 1.82) is 0 Å². The molecular formula is C9H7BrClN3. The normalized spacial score (nSPS) is 10.4. The van der Waals surface area contributed by atoms with E-state index in [1.165, 1.54) is 6.20 Å². The van der Waals surface area contributed by atoms with Gasteiger partial charge in [0, 0.05) is 4.47 Å². The Balaban J connectivity index is 2.55. The van der Waals surface area contributed by atoms with Crippen molar-refractivity contribution in [2.45, 2.75) is 0 Å². The van der Waals surface area contributed by atoms with Crippen LogP contribution >= 0.6 is 27.5 Å². The summed E-state index contributed by atoms with van der Waals surface area (Å²) in [5.41, 5.74) is 6.62. The Labute approximate surface area is 94.6 Å². The summed E-state index contributed by atoms with van der Waals surface area (Å²) in [4.78, 5) is 0. The molecular weight excluding hydrogens is 265 g/mol. The maximum Gasteiger partial charge on any atom is 0.146 e. The van der Waals surface area contributed by atoms with Crippen molar-refractivity contribution < 1.29 is 0 Å². The van der Waals surface area contributed by atoms with Crippen LogP contribution in [-0.4, -0.2) is 9.78 Å². The standard InChI is InChI=1S/C9H7BrClN3/c10-6-2-1-3-7(4-6)14-9(12)8(11)5-13-14/h1-5H,12H2. The zero-order valence-corrected chi connectivity index (χ0v) is 9.46. The van der Waals surface area contributed by atoms with Crippen LogP contribution in [0.1, 0.15) is 0 Å². The van der Waals surface area contributed by atoms with E-state index in [9.17, 15) is 0 Å². The van der Waals surface area contributed by atoms with E-state index in [2.05, 4.69) is 21.0 Å². The lowest BCUT2D eigenvalue weighted by Gasteiger charge is -2.03. The third kappa shape index (κ3) is 1.63. The minimum absolute atomic E-state index is 0.449. The van der Waals surface area contributed by atoms with Gasteiger partial charge < -0.3 is 5.73 Å².